The second kappa shape index (κ2) is 7.67. The van der Waals surface area contributed by atoms with E-state index in [1.807, 2.05) is 4.90 Å². The Labute approximate surface area is 164 Å². The van der Waals surface area contributed by atoms with Crippen molar-refractivity contribution in [1.82, 2.24) is 19.9 Å². The number of benzene rings is 1. The summed E-state index contributed by atoms with van der Waals surface area (Å²) < 4.78 is 15.0. The summed E-state index contributed by atoms with van der Waals surface area (Å²) in [6.45, 7) is 3.22. The summed E-state index contributed by atoms with van der Waals surface area (Å²) in [5.41, 5.74) is 0.918. The van der Waals surface area contributed by atoms with Gasteiger partial charge in [0.2, 0.25) is 16.0 Å². The fourth-order valence-corrected chi connectivity index (χ4v) is 4.36. The molecular formula is C19H20FN5O2S. The van der Waals surface area contributed by atoms with E-state index in [1.54, 1.807) is 25.1 Å². The van der Waals surface area contributed by atoms with Crippen LogP contribution in [0.4, 0.5) is 9.52 Å². The number of aromatic nitrogens is 3. The quantitative estimate of drug-likeness (QED) is 0.725. The number of hydrogen-bond acceptors (Lipinski definition) is 6. The number of hydrogen-bond donors (Lipinski definition) is 1. The van der Waals surface area contributed by atoms with Crippen LogP contribution in [-0.4, -0.2) is 33.6 Å². The van der Waals surface area contributed by atoms with Crippen LogP contribution in [0.25, 0.3) is 4.96 Å². The van der Waals surface area contributed by atoms with E-state index >= 15 is 0 Å². The highest BCUT2D eigenvalue weighted by molar-refractivity contribution is 7.20. The smallest absolute Gasteiger partial charge is 0.275 e. The van der Waals surface area contributed by atoms with Gasteiger partial charge in [-0.1, -0.05) is 29.5 Å². The maximum atomic E-state index is 13.7. The standard InChI is InChI=1S/C19H20FN5O2S/c1-12-9-16(26)25-18(22-12)28-19(23-25)24-8-4-6-14(11-24)17(27)21-10-13-5-2-3-7-15(13)20/h2-3,5,7,9,14H,4,6,8,10-11H2,1H3,(H,21,27)/t14-/m1/s1. The molecule has 28 heavy (non-hydrogen) atoms. The molecule has 3 heterocycles. The van der Waals surface area contributed by atoms with E-state index in [-0.39, 0.29) is 29.7 Å². The maximum Gasteiger partial charge on any atom is 0.275 e. The molecule has 9 heteroatoms. The van der Waals surface area contributed by atoms with Crippen LogP contribution in [0.1, 0.15) is 24.1 Å². The van der Waals surface area contributed by atoms with Gasteiger partial charge in [0.15, 0.2) is 0 Å². The van der Waals surface area contributed by atoms with E-state index in [4.69, 9.17) is 0 Å². The fourth-order valence-electron chi connectivity index (χ4n) is 3.37. The average molecular weight is 401 g/mol. The van der Waals surface area contributed by atoms with Gasteiger partial charge in [0.25, 0.3) is 5.56 Å². The first-order chi connectivity index (χ1) is 13.5. The topological polar surface area (TPSA) is 79.6 Å². The molecule has 1 N–H and O–H groups in total. The Bertz CT molecular complexity index is 1080. The molecule has 1 fully saturated rings. The predicted molar refractivity (Wildman–Crippen MR) is 105 cm³/mol. The molecule has 3 aromatic rings. The Morgan fingerprint density at radius 1 is 1.39 bits per heavy atom. The fraction of sp³-hybridized carbons (Fsp3) is 0.368. The normalized spacial score (nSPS) is 17.1. The van der Waals surface area contributed by atoms with Gasteiger partial charge in [0.05, 0.1) is 5.92 Å². The van der Waals surface area contributed by atoms with Gasteiger partial charge < -0.3 is 10.2 Å². The number of carbonyl (C=O) groups excluding carboxylic acids is 1. The van der Waals surface area contributed by atoms with Gasteiger partial charge >= 0.3 is 0 Å². The molecule has 1 saturated heterocycles. The minimum Gasteiger partial charge on any atom is -0.352 e. The van der Waals surface area contributed by atoms with E-state index in [0.29, 0.717) is 27.9 Å². The molecular weight excluding hydrogens is 381 g/mol. The van der Waals surface area contributed by atoms with Crippen molar-refractivity contribution in [3.05, 3.63) is 57.8 Å². The number of rotatable bonds is 4. The van der Waals surface area contributed by atoms with Gasteiger partial charge in [-0.05, 0) is 25.8 Å². The SMILES string of the molecule is Cc1cc(=O)n2nc(N3CCC[C@@H](C(=O)NCc4ccccc4F)C3)sc2n1. The monoisotopic (exact) mass is 401 g/mol. The summed E-state index contributed by atoms with van der Waals surface area (Å²) in [6, 6.07) is 7.87. The molecule has 1 aliphatic heterocycles. The molecule has 1 aliphatic rings. The molecule has 0 radical (unpaired) electrons. The highest BCUT2D eigenvalue weighted by atomic mass is 32.1. The van der Waals surface area contributed by atoms with Gasteiger partial charge in [0.1, 0.15) is 5.82 Å². The lowest BCUT2D eigenvalue weighted by Gasteiger charge is -2.31. The highest BCUT2D eigenvalue weighted by Gasteiger charge is 2.28. The number of aryl methyl sites for hydroxylation is 1. The third-order valence-electron chi connectivity index (χ3n) is 4.84. The number of halogens is 1. The summed E-state index contributed by atoms with van der Waals surface area (Å²) >= 11 is 1.34. The van der Waals surface area contributed by atoms with Crippen LogP contribution in [0.2, 0.25) is 0 Å². The van der Waals surface area contributed by atoms with Crippen molar-refractivity contribution in [2.24, 2.45) is 5.92 Å². The molecule has 0 unspecified atom stereocenters. The number of fused-ring (bicyclic) bond motifs is 1. The van der Waals surface area contributed by atoms with E-state index in [2.05, 4.69) is 15.4 Å². The molecule has 1 aromatic carbocycles. The lowest BCUT2D eigenvalue weighted by atomic mass is 9.97. The van der Waals surface area contributed by atoms with Crippen LogP contribution < -0.4 is 15.8 Å². The van der Waals surface area contributed by atoms with Crippen molar-refractivity contribution >= 4 is 27.3 Å². The summed E-state index contributed by atoms with van der Waals surface area (Å²) in [5, 5.41) is 7.90. The molecule has 1 atom stereocenters. The Kier molecular flexibility index (Phi) is 5.08. The maximum absolute atomic E-state index is 13.7. The predicted octanol–water partition coefficient (Wildman–Crippen LogP) is 2.13. The zero-order valence-corrected chi connectivity index (χ0v) is 16.2. The van der Waals surface area contributed by atoms with E-state index in [0.717, 1.165) is 19.4 Å². The van der Waals surface area contributed by atoms with E-state index in [1.165, 1.54) is 28.0 Å². The molecule has 0 spiro atoms. The zero-order chi connectivity index (χ0) is 19.7. The Morgan fingerprint density at radius 2 is 2.21 bits per heavy atom. The van der Waals surface area contributed by atoms with E-state index in [9.17, 15) is 14.0 Å². The van der Waals surface area contributed by atoms with Gasteiger partial charge in [0, 0.05) is 37.0 Å². The summed E-state index contributed by atoms with van der Waals surface area (Å²) in [6.07, 6.45) is 1.61. The third kappa shape index (κ3) is 3.75. The molecule has 1 amide bonds. The number of nitrogens with zero attached hydrogens (tertiary/aromatic N) is 4. The first kappa shape index (κ1) is 18.5. The van der Waals surface area contributed by atoms with Gasteiger partial charge in [-0.25, -0.2) is 9.37 Å². The molecule has 0 aliphatic carbocycles. The van der Waals surface area contributed by atoms with Gasteiger partial charge in [-0.15, -0.1) is 5.10 Å². The van der Waals surface area contributed by atoms with Crippen molar-refractivity contribution in [3.8, 4) is 0 Å². The number of carbonyl (C=O) groups is 1. The first-order valence-electron chi connectivity index (χ1n) is 9.15. The lowest BCUT2D eigenvalue weighted by Crippen LogP contribution is -2.43. The van der Waals surface area contributed by atoms with Crippen molar-refractivity contribution in [2.45, 2.75) is 26.3 Å². The van der Waals surface area contributed by atoms with Crippen LogP contribution in [0.5, 0.6) is 0 Å². The Balaban J connectivity index is 1.45. The van der Waals surface area contributed by atoms with Crippen LogP contribution in [0.15, 0.2) is 35.1 Å². The number of nitrogens with one attached hydrogen (secondary N) is 1. The number of anilines is 1. The minimum atomic E-state index is -0.323. The second-order valence-electron chi connectivity index (χ2n) is 6.91. The third-order valence-corrected chi connectivity index (χ3v) is 5.81. The van der Waals surface area contributed by atoms with Gasteiger partial charge in [-0.3, -0.25) is 9.59 Å². The van der Waals surface area contributed by atoms with Crippen LogP contribution in [0, 0.1) is 18.7 Å². The molecule has 0 bridgehead atoms. The molecule has 7 nitrogen and oxygen atoms in total. The Morgan fingerprint density at radius 3 is 3.04 bits per heavy atom. The van der Waals surface area contributed by atoms with Crippen LogP contribution in [-0.2, 0) is 11.3 Å². The molecule has 146 valence electrons. The zero-order valence-electron chi connectivity index (χ0n) is 15.4. The van der Waals surface area contributed by atoms with Crippen LogP contribution in [0.3, 0.4) is 0 Å². The summed E-state index contributed by atoms with van der Waals surface area (Å²) in [5.74, 6) is -0.630. The Hall–Kier alpha value is -2.81. The summed E-state index contributed by atoms with van der Waals surface area (Å²) in [7, 11) is 0. The van der Waals surface area contributed by atoms with Gasteiger partial charge in [-0.2, -0.15) is 4.52 Å². The number of piperidine rings is 1. The largest absolute Gasteiger partial charge is 0.352 e. The number of amides is 1. The minimum absolute atomic E-state index is 0.0970. The second-order valence-corrected chi connectivity index (χ2v) is 7.84. The average Bonchev–Trinajstić information content (AvgIpc) is 3.12. The molecule has 4 rings (SSSR count). The first-order valence-corrected chi connectivity index (χ1v) is 9.96. The van der Waals surface area contributed by atoms with E-state index < -0.39 is 0 Å². The van der Waals surface area contributed by atoms with Crippen molar-refractivity contribution in [3.63, 3.8) is 0 Å². The lowest BCUT2D eigenvalue weighted by molar-refractivity contribution is -0.125. The van der Waals surface area contributed by atoms with Crippen LogP contribution >= 0.6 is 11.3 Å². The molecule has 0 saturated carbocycles. The highest BCUT2D eigenvalue weighted by Crippen LogP contribution is 2.27. The summed E-state index contributed by atoms with van der Waals surface area (Å²) in [4.78, 5) is 31.6. The molecule has 2 aromatic heterocycles. The van der Waals surface area contributed by atoms with Crippen molar-refractivity contribution in [1.29, 1.82) is 0 Å². The van der Waals surface area contributed by atoms with Crippen molar-refractivity contribution in [2.75, 3.05) is 18.0 Å². The van der Waals surface area contributed by atoms with Crippen molar-refractivity contribution < 1.29 is 9.18 Å².